The van der Waals surface area contributed by atoms with Crippen LogP contribution in [0, 0.1) is 5.82 Å². The maximum atomic E-state index is 13.4. The fraction of sp³-hybridized carbons (Fsp3) is 0.312. The summed E-state index contributed by atoms with van der Waals surface area (Å²) < 4.78 is 20.8. The van der Waals surface area contributed by atoms with E-state index in [1.54, 1.807) is 28.9 Å². The molecule has 1 aliphatic heterocycles. The molecule has 0 spiro atoms. The molecular formula is C16H16FN5O. The normalized spacial score (nSPS) is 17.7. The summed E-state index contributed by atoms with van der Waals surface area (Å²) in [7, 11) is 0. The predicted octanol–water partition coefficient (Wildman–Crippen LogP) is 2.52. The molecule has 1 unspecified atom stereocenters. The van der Waals surface area contributed by atoms with Crippen molar-refractivity contribution >= 4 is 11.5 Å². The molecule has 3 heterocycles. The Morgan fingerprint density at radius 3 is 3.13 bits per heavy atom. The van der Waals surface area contributed by atoms with Crippen LogP contribution in [0.1, 0.15) is 12.8 Å². The summed E-state index contributed by atoms with van der Waals surface area (Å²) in [4.78, 5) is 4.33. The van der Waals surface area contributed by atoms with Crippen molar-refractivity contribution in [3.8, 4) is 11.4 Å². The van der Waals surface area contributed by atoms with Gasteiger partial charge in [-0.25, -0.2) is 9.37 Å². The number of rotatable bonds is 4. The van der Waals surface area contributed by atoms with Gasteiger partial charge in [-0.05, 0) is 25.0 Å². The van der Waals surface area contributed by atoms with Crippen molar-refractivity contribution in [3.63, 3.8) is 0 Å². The van der Waals surface area contributed by atoms with Gasteiger partial charge in [-0.1, -0.05) is 12.1 Å². The fourth-order valence-electron chi connectivity index (χ4n) is 2.79. The van der Waals surface area contributed by atoms with Crippen molar-refractivity contribution in [2.45, 2.75) is 18.9 Å². The number of nitrogens with one attached hydrogen (secondary N) is 1. The van der Waals surface area contributed by atoms with Crippen molar-refractivity contribution in [1.29, 1.82) is 0 Å². The number of ether oxygens (including phenoxy) is 1. The Bertz CT molecular complexity index is 828. The van der Waals surface area contributed by atoms with Gasteiger partial charge in [0, 0.05) is 31.1 Å². The summed E-state index contributed by atoms with van der Waals surface area (Å²) in [5.74, 6) is 0.935. The molecule has 0 aliphatic carbocycles. The highest BCUT2D eigenvalue weighted by Crippen LogP contribution is 2.22. The Morgan fingerprint density at radius 2 is 2.30 bits per heavy atom. The fourth-order valence-corrected chi connectivity index (χ4v) is 2.79. The van der Waals surface area contributed by atoms with E-state index in [1.807, 2.05) is 0 Å². The molecule has 1 fully saturated rings. The summed E-state index contributed by atoms with van der Waals surface area (Å²) in [6.07, 6.45) is 5.81. The smallest absolute Gasteiger partial charge is 0.203 e. The van der Waals surface area contributed by atoms with Crippen LogP contribution in [0.3, 0.4) is 0 Å². The van der Waals surface area contributed by atoms with Gasteiger partial charge in [0.05, 0.1) is 6.10 Å². The average molecular weight is 313 g/mol. The van der Waals surface area contributed by atoms with E-state index in [9.17, 15) is 4.39 Å². The molecule has 0 amide bonds. The van der Waals surface area contributed by atoms with Crippen LogP contribution in [0.15, 0.2) is 36.7 Å². The first-order valence-electron chi connectivity index (χ1n) is 7.62. The van der Waals surface area contributed by atoms with Gasteiger partial charge in [-0.3, -0.25) is 4.40 Å². The number of hydrogen-bond acceptors (Lipinski definition) is 5. The molecule has 7 heteroatoms. The Kier molecular flexibility index (Phi) is 3.63. The highest BCUT2D eigenvalue weighted by Gasteiger charge is 2.17. The standard InChI is InChI=1S/C16H16FN5O/c17-12-4-1-3-11(9-12)15-20-21-16-14(18-6-7-22(15)16)19-10-13-5-2-8-23-13/h1,3-4,6-7,9,13H,2,5,8,10H2,(H,18,19). The quantitative estimate of drug-likeness (QED) is 0.802. The third-order valence-electron chi connectivity index (χ3n) is 3.93. The lowest BCUT2D eigenvalue weighted by molar-refractivity contribution is 0.120. The lowest BCUT2D eigenvalue weighted by atomic mass is 10.2. The van der Waals surface area contributed by atoms with E-state index in [0.29, 0.717) is 29.4 Å². The number of aromatic nitrogens is 4. The van der Waals surface area contributed by atoms with Crippen LogP contribution in [0.4, 0.5) is 10.2 Å². The van der Waals surface area contributed by atoms with Gasteiger partial charge in [0.1, 0.15) is 5.82 Å². The van der Waals surface area contributed by atoms with E-state index < -0.39 is 0 Å². The first-order chi connectivity index (χ1) is 11.3. The van der Waals surface area contributed by atoms with Crippen LogP contribution in [0.5, 0.6) is 0 Å². The molecule has 1 N–H and O–H groups in total. The third kappa shape index (κ3) is 2.75. The SMILES string of the molecule is Fc1cccc(-c2nnc3c(NCC4CCCO4)nccn23)c1. The molecule has 2 aromatic heterocycles. The van der Waals surface area contributed by atoms with Crippen molar-refractivity contribution in [1.82, 2.24) is 19.6 Å². The molecule has 23 heavy (non-hydrogen) atoms. The van der Waals surface area contributed by atoms with Gasteiger partial charge >= 0.3 is 0 Å². The molecule has 1 saturated heterocycles. The summed E-state index contributed by atoms with van der Waals surface area (Å²) >= 11 is 0. The molecule has 118 valence electrons. The van der Waals surface area contributed by atoms with E-state index in [0.717, 1.165) is 19.4 Å². The van der Waals surface area contributed by atoms with Crippen LogP contribution in [0.2, 0.25) is 0 Å². The summed E-state index contributed by atoms with van der Waals surface area (Å²) in [5.41, 5.74) is 1.29. The van der Waals surface area contributed by atoms with E-state index in [-0.39, 0.29) is 11.9 Å². The van der Waals surface area contributed by atoms with Gasteiger partial charge in [0.25, 0.3) is 0 Å². The van der Waals surface area contributed by atoms with E-state index in [4.69, 9.17) is 4.74 Å². The predicted molar refractivity (Wildman–Crippen MR) is 83.6 cm³/mol. The van der Waals surface area contributed by atoms with Crippen molar-refractivity contribution < 1.29 is 9.13 Å². The van der Waals surface area contributed by atoms with Crippen LogP contribution in [-0.2, 0) is 4.74 Å². The molecule has 1 aliphatic rings. The monoisotopic (exact) mass is 313 g/mol. The number of fused-ring (bicyclic) bond motifs is 1. The zero-order valence-corrected chi connectivity index (χ0v) is 12.4. The van der Waals surface area contributed by atoms with Crippen molar-refractivity contribution in [2.24, 2.45) is 0 Å². The van der Waals surface area contributed by atoms with E-state index in [2.05, 4.69) is 20.5 Å². The highest BCUT2D eigenvalue weighted by atomic mass is 19.1. The Balaban J connectivity index is 1.66. The first kappa shape index (κ1) is 14.1. The third-order valence-corrected chi connectivity index (χ3v) is 3.93. The Morgan fingerprint density at radius 1 is 1.35 bits per heavy atom. The van der Waals surface area contributed by atoms with Crippen LogP contribution in [-0.4, -0.2) is 38.8 Å². The molecule has 0 bridgehead atoms. The van der Waals surface area contributed by atoms with Crippen molar-refractivity contribution in [2.75, 3.05) is 18.5 Å². The topological polar surface area (TPSA) is 64.3 Å². The number of nitrogens with zero attached hydrogens (tertiary/aromatic N) is 4. The summed E-state index contributed by atoms with van der Waals surface area (Å²) in [5, 5.41) is 11.6. The zero-order valence-electron chi connectivity index (χ0n) is 12.4. The Labute approximate surface area is 132 Å². The molecular weight excluding hydrogens is 297 g/mol. The average Bonchev–Trinajstić information content (AvgIpc) is 3.22. The molecule has 1 atom stereocenters. The molecule has 0 saturated carbocycles. The number of halogens is 1. The largest absolute Gasteiger partial charge is 0.376 e. The minimum atomic E-state index is -0.301. The number of benzene rings is 1. The number of hydrogen-bond donors (Lipinski definition) is 1. The van der Waals surface area contributed by atoms with Crippen LogP contribution >= 0.6 is 0 Å². The second-order valence-electron chi connectivity index (χ2n) is 5.52. The first-order valence-corrected chi connectivity index (χ1v) is 7.62. The molecule has 6 nitrogen and oxygen atoms in total. The van der Waals surface area contributed by atoms with Crippen LogP contribution in [0.25, 0.3) is 17.0 Å². The number of anilines is 1. The van der Waals surface area contributed by atoms with Gasteiger partial charge < -0.3 is 10.1 Å². The second-order valence-corrected chi connectivity index (χ2v) is 5.52. The molecule has 4 rings (SSSR count). The van der Waals surface area contributed by atoms with Gasteiger partial charge in [-0.2, -0.15) is 0 Å². The second kappa shape index (κ2) is 5.92. The van der Waals surface area contributed by atoms with E-state index in [1.165, 1.54) is 12.1 Å². The zero-order chi connectivity index (χ0) is 15.6. The summed E-state index contributed by atoms with van der Waals surface area (Å²) in [6.45, 7) is 1.51. The minimum Gasteiger partial charge on any atom is -0.376 e. The van der Waals surface area contributed by atoms with Gasteiger partial charge in [0.15, 0.2) is 11.6 Å². The van der Waals surface area contributed by atoms with Gasteiger partial charge in [-0.15, -0.1) is 10.2 Å². The maximum Gasteiger partial charge on any atom is 0.203 e. The highest BCUT2D eigenvalue weighted by molar-refractivity contribution is 5.67. The van der Waals surface area contributed by atoms with Gasteiger partial charge in [0.2, 0.25) is 5.65 Å². The minimum absolute atomic E-state index is 0.211. The Hall–Kier alpha value is -2.54. The summed E-state index contributed by atoms with van der Waals surface area (Å²) in [6, 6.07) is 6.31. The van der Waals surface area contributed by atoms with Crippen LogP contribution < -0.4 is 5.32 Å². The molecule has 0 radical (unpaired) electrons. The lowest BCUT2D eigenvalue weighted by Gasteiger charge is -2.11. The molecule has 1 aromatic carbocycles. The van der Waals surface area contributed by atoms with Crippen molar-refractivity contribution in [3.05, 3.63) is 42.5 Å². The molecule has 3 aromatic rings. The maximum absolute atomic E-state index is 13.4. The lowest BCUT2D eigenvalue weighted by Crippen LogP contribution is -2.19. The van der Waals surface area contributed by atoms with E-state index >= 15 is 0 Å².